The maximum absolute atomic E-state index is 11.8. The molecule has 1 aromatic carbocycles. The third kappa shape index (κ3) is 3.84. The molecule has 2 atom stereocenters. The molecule has 5 nitrogen and oxygen atoms in total. The lowest BCUT2D eigenvalue weighted by Gasteiger charge is -2.19. The Kier molecular flexibility index (Phi) is 4.59. The van der Waals surface area contributed by atoms with E-state index in [4.69, 9.17) is 0 Å². The van der Waals surface area contributed by atoms with E-state index in [1.54, 1.807) is 12.3 Å². The molecule has 1 amide bonds. The van der Waals surface area contributed by atoms with Crippen molar-refractivity contribution in [1.29, 1.82) is 0 Å². The van der Waals surface area contributed by atoms with Gasteiger partial charge in [0, 0.05) is 11.8 Å². The van der Waals surface area contributed by atoms with Crippen molar-refractivity contribution in [2.75, 3.05) is 0 Å². The fraction of sp³-hybridized carbons (Fsp3) is 0.308. The van der Waals surface area contributed by atoms with Gasteiger partial charge in [0.1, 0.15) is 0 Å². The smallest absolute Gasteiger partial charge is 0.273 e. The zero-order valence-corrected chi connectivity index (χ0v) is 11.3. The summed E-state index contributed by atoms with van der Waals surface area (Å²) in [7, 11) is 0. The predicted octanol–water partition coefficient (Wildman–Crippen LogP) is 1.26. The van der Waals surface area contributed by atoms with Gasteiger partial charge in [0.25, 0.3) is 5.91 Å². The van der Waals surface area contributed by atoms with E-state index in [0.29, 0.717) is 6.42 Å². The standard InChI is InChI=1S/C13H15N3O2S/c1-9(14-13(18)11-8-19-16-15-11)12(17)7-10-5-3-2-4-6-10/h2-6,8-9,12,17H,7H2,1H3,(H,14,18). The molecule has 19 heavy (non-hydrogen) atoms. The number of nitrogens with one attached hydrogen (secondary N) is 1. The van der Waals surface area contributed by atoms with Crippen molar-refractivity contribution in [3.05, 3.63) is 47.0 Å². The summed E-state index contributed by atoms with van der Waals surface area (Å²) in [6.07, 6.45) is -0.143. The summed E-state index contributed by atoms with van der Waals surface area (Å²) in [5.41, 5.74) is 1.31. The van der Waals surface area contributed by atoms with Crippen molar-refractivity contribution in [3.8, 4) is 0 Å². The summed E-state index contributed by atoms with van der Waals surface area (Å²) in [6.45, 7) is 1.77. The molecule has 0 bridgehead atoms. The van der Waals surface area contributed by atoms with Gasteiger partial charge in [0.2, 0.25) is 0 Å². The highest BCUT2D eigenvalue weighted by Gasteiger charge is 2.18. The quantitative estimate of drug-likeness (QED) is 0.862. The van der Waals surface area contributed by atoms with Crippen LogP contribution in [0.5, 0.6) is 0 Å². The van der Waals surface area contributed by atoms with E-state index < -0.39 is 6.10 Å². The summed E-state index contributed by atoms with van der Waals surface area (Å²) >= 11 is 1.12. The second-order valence-electron chi connectivity index (χ2n) is 4.31. The van der Waals surface area contributed by atoms with Gasteiger partial charge in [-0.15, -0.1) is 5.10 Å². The average molecular weight is 277 g/mol. The van der Waals surface area contributed by atoms with Gasteiger partial charge < -0.3 is 10.4 Å². The van der Waals surface area contributed by atoms with Crippen LogP contribution in [0.3, 0.4) is 0 Å². The van der Waals surface area contributed by atoms with Gasteiger partial charge in [0.15, 0.2) is 5.69 Å². The number of aliphatic hydroxyl groups is 1. The second kappa shape index (κ2) is 6.40. The van der Waals surface area contributed by atoms with Crippen LogP contribution in [-0.2, 0) is 6.42 Å². The number of rotatable bonds is 5. The van der Waals surface area contributed by atoms with E-state index in [1.807, 2.05) is 30.3 Å². The first-order chi connectivity index (χ1) is 9.16. The third-order valence-electron chi connectivity index (χ3n) is 2.82. The number of carbonyl (C=O) groups is 1. The fourth-order valence-electron chi connectivity index (χ4n) is 1.67. The maximum Gasteiger partial charge on any atom is 0.273 e. The van der Waals surface area contributed by atoms with Crippen molar-refractivity contribution < 1.29 is 9.90 Å². The van der Waals surface area contributed by atoms with Gasteiger partial charge in [-0.3, -0.25) is 4.79 Å². The van der Waals surface area contributed by atoms with Crippen LogP contribution in [0.15, 0.2) is 35.7 Å². The van der Waals surface area contributed by atoms with E-state index in [2.05, 4.69) is 14.9 Å². The number of hydrogen-bond donors (Lipinski definition) is 2. The first-order valence-electron chi connectivity index (χ1n) is 5.96. The van der Waals surface area contributed by atoms with E-state index in [9.17, 15) is 9.90 Å². The van der Waals surface area contributed by atoms with Gasteiger partial charge in [-0.2, -0.15) is 0 Å². The average Bonchev–Trinajstić information content (AvgIpc) is 2.93. The van der Waals surface area contributed by atoms with Crippen molar-refractivity contribution >= 4 is 17.4 Å². The monoisotopic (exact) mass is 277 g/mol. The molecule has 0 fully saturated rings. The van der Waals surface area contributed by atoms with Crippen molar-refractivity contribution in [3.63, 3.8) is 0 Å². The molecule has 0 saturated heterocycles. The van der Waals surface area contributed by atoms with Crippen molar-refractivity contribution in [2.24, 2.45) is 0 Å². The first kappa shape index (κ1) is 13.6. The van der Waals surface area contributed by atoms with Gasteiger partial charge in [-0.25, -0.2) is 0 Å². The molecule has 2 N–H and O–H groups in total. The van der Waals surface area contributed by atoms with Crippen molar-refractivity contribution in [1.82, 2.24) is 14.9 Å². The van der Waals surface area contributed by atoms with Crippen LogP contribution in [0.2, 0.25) is 0 Å². The zero-order valence-electron chi connectivity index (χ0n) is 10.5. The molecule has 1 heterocycles. The van der Waals surface area contributed by atoms with Gasteiger partial charge >= 0.3 is 0 Å². The lowest BCUT2D eigenvalue weighted by Crippen LogP contribution is -2.42. The summed E-state index contributed by atoms with van der Waals surface area (Å²) in [5.74, 6) is -0.312. The Morgan fingerprint density at radius 3 is 2.79 bits per heavy atom. The first-order valence-corrected chi connectivity index (χ1v) is 6.80. The molecule has 2 unspecified atom stereocenters. The van der Waals surface area contributed by atoms with Crippen molar-refractivity contribution in [2.45, 2.75) is 25.5 Å². The molecule has 2 rings (SSSR count). The molecule has 0 aliphatic heterocycles. The second-order valence-corrected chi connectivity index (χ2v) is 4.92. The molecular formula is C13H15N3O2S. The summed E-state index contributed by atoms with van der Waals surface area (Å²) in [6, 6.07) is 9.31. The van der Waals surface area contributed by atoms with Crippen LogP contribution < -0.4 is 5.32 Å². The molecule has 0 spiro atoms. The minimum Gasteiger partial charge on any atom is -0.391 e. The highest BCUT2D eigenvalue weighted by Crippen LogP contribution is 2.07. The fourth-order valence-corrected chi connectivity index (χ4v) is 2.11. The van der Waals surface area contributed by atoms with Gasteiger partial charge in [0.05, 0.1) is 12.1 Å². The van der Waals surface area contributed by atoms with E-state index in [1.165, 1.54) is 0 Å². The Bertz CT molecular complexity index is 516. The number of aliphatic hydroxyl groups excluding tert-OH is 1. The lowest BCUT2D eigenvalue weighted by molar-refractivity contribution is 0.0847. The molecule has 6 heteroatoms. The topological polar surface area (TPSA) is 75.1 Å². The number of hydrogen-bond acceptors (Lipinski definition) is 5. The number of carbonyl (C=O) groups excluding carboxylic acids is 1. The van der Waals surface area contributed by atoms with Crippen LogP contribution in [0.25, 0.3) is 0 Å². The highest BCUT2D eigenvalue weighted by atomic mass is 32.1. The molecule has 0 radical (unpaired) electrons. The molecule has 1 aromatic heterocycles. The molecular weight excluding hydrogens is 262 g/mol. The minimum atomic E-state index is -0.641. The van der Waals surface area contributed by atoms with Crippen LogP contribution in [0.1, 0.15) is 23.0 Å². The largest absolute Gasteiger partial charge is 0.391 e. The zero-order chi connectivity index (χ0) is 13.7. The van der Waals surface area contributed by atoms with Gasteiger partial charge in [-0.05, 0) is 24.0 Å². The number of benzene rings is 1. The number of aromatic nitrogens is 2. The van der Waals surface area contributed by atoms with Crippen LogP contribution in [0, 0.1) is 0 Å². The summed E-state index contributed by atoms with van der Waals surface area (Å²) < 4.78 is 3.63. The summed E-state index contributed by atoms with van der Waals surface area (Å²) in [4.78, 5) is 11.8. The van der Waals surface area contributed by atoms with Crippen LogP contribution in [0.4, 0.5) is 0 Å². The highest BCUT2D eigenvalue weighted by molar-refractivity contribution is 7.03. The lowest BCUT2D eigenvalue weighted by atomic mass is 10.0. The van der Waals surface area contributed by atoms with E-state index in [-0.39, 0.29) is 17.6 Å². The van der Waals surface area contributed by atoms with Crippen LogP contribution in [-0.4, -0.2) is 32.7 Å². The minimum absolute atomic E-state index is 0.281. The maximum atomic E-state index is 11.8. The Labute approximate surface area is 115 Å². The molecule has 0 aliphatic carbocycles. The van der Waals surface area contributed by atoms with E-state index in [0.717, 1.165) is 17.1 Å². The predicted molar refractivity (Wildman–Crippen MR) is 73.0 cm³/mol. The number of nitrogens with zero attached hydrogens (tertiary/aromatic N) is 2. The van der Waals surface area contributed by atoms with Gasteiger partial charge in [-0.1, -0.05) is 34.8 Å². The Morgan fingerprint density at radius 1 is 1.42 bits per heavy atom. The number of amides is 1. The Morgan fingerprint density at radius 2 is 2.16 bits per heavy atom. The summed E-state index contributed by atoms with van der Waals surface area (Å²) in [5, 5.41) is 18.0. The Balaban J connectivity index is 1.89. The Hall–Kier alpha value is -1.79. The normalized spacial score (nSPS) is 13.8. The molecule has 0 aliphatic rings. The molecule has 0 saturated carbocycles. The SMILES string of the molecule is CC(NC(=O)c1csnn1)C(O)Cc1ccccc1. The third-order valence-corrected chi connectivity index (χ3v) is 3.32. The van der Waals surface area contributed by atoms with Crippen LogP contribution >= 0.6 is 11.5 Å². The van der Waals surface area contributed by atoms with E-state index >= 15 is 0 Å². The molecule has 2 aromatic rings. The molecule has 100 valence electrons.